The second kappa shape index (κ2) is 7.10. The number of carbonyl (C=O) groups is 1. The number of methoxy groups -OCH3 is 1. The lowest BCUT2D eigenvalue weighted by molar-refractivity contribution is -0.130. The molecule has 1 atom stereocenters. The third-order valence-electron chi connectivity index (χ3n) is 3.63. The summed E-state index contributed by atoms with van der Waals surface area (Å²) >= 11 is 0. The second-order valence-electron chi connectivity index (χ2n) is 4.97. The second-order valence-corrected chi connectivity index (χ2v) is 4.97. The third-order valence-corrected chi connectivity index (χ3v) is 3.63. The zero-order chi connectivity index (χ0) is 14.4. The van der Waals surface area contributed by atoms with Gasteiger partial charge < -0.3 is 14.7 Å². The number of rotatable bonds is 4. The van der Waals surface area contributed by atoms with E-state index in [2.05, 4.69) is 0 Å². The number of amides is 1. The van der Waals surface area contributed by atoms with E-state index < -0.39 is 0 Å². The van der Waals surface area contributed by atoms with Gasteiger partial charge in [0.1, 0.15) is 5.75 Å². The average molecular weight is 275 g/mol. The maximum absolute atomic E-state index is 12.2. The van der Waals surface area contributed by atoms with Crippen molar-refractivity contribution in [1.29, 1.82) is 0 Å². The summed E-state index contributed by atoms with van der Waals surface area (Å²) in [5.41, 5.74) is 0.926. The van der Waals surface area contributed by atoms with E-state index in [0.29, 0.717) is 0 Å². The van der Waals surface area contributed by atoms with Gasteiger partial charge in [-0.1, -0.05) is 12.1 Å². The number of hydrogen-bond acceptors (Lipinski definition) is 3. The van der Waals surface area contributed by atoms with Crippen LogP contribution in [-0.2, 0) is 4.79 Å². The van der Waals surface area contributed by atoms with E-state index in [-0.39, 0.29) is 18.6 Å². The van der Waals surface area contributed by atoms with Crippen LogP contribution in [0.2, 0.25) is 0 Å². The number of aliphatic hydroxyl groups excluding tert-OH is 1. The Bertz CT molecular complexity index is 484. The largest absolute Gasteiger partial charge is 0.497 e. The van der Waals surface area contributed by atoms with Crippen molar-refractivity contribution < 1.29 is 14.6 Å². The summed E-state index contributed by atoms with van der Waals surface area (Å²) in [6, 6.07) is 7.52. The molecule has 20 heavy (non-hydrogen) atoms. The number of likely N-dealkylation sites (tertiary alicyclic amines) is 1. The van der Waals surface area contributed by atoms with Gasteiger partial charge in [-0.3, -0.25) is 4.79 Å². The Morgan fingerprint density at radius 1 is 1.50 bits per heavy atom. The molecule has 0 radical (unpaired) electrons. The number of carbonyl (C=O) groups excluding carboxylic acids is 1. The molecule has 4 nitrogen and oxygen atoms in total. The first-order valence-electron chi connectivity index (χ1n) is 6.98. The first kappa shape index (κ1) is 14.6. The van der Waals surface area contributed by atoms with E-state index in [4.69, 9.17) is 4.74 Å². The molecule has 0 saturated carbocycles. The van der Waals surface area contributed by atoms with E-state index in [1.807, 2.05) is 24.3 Å². The van der Waals surface area contributed by atoms with Gasteiger partial charge in [-0.25, -0.2) is 0 Å². The van der Waals surface area contributed by atoms with E-state index in [1.165, 1.54) is 0 Å². The van der Waals surface area contributed by atoms with Gasteiger partial charge in [-0.15, -0.1) is 0 Å². The first-order valence-corrected chi connectivity index (χ1v) is 6.98. The van der Waals surface area contributed by atoms with E-state index in [9.17, 15) is 9.90 Å². The minimum atomic E-state index is -0.0359. The number of benzene rings is 1. The highest BCUT2D eigenvalue weighted by Crippen LogP contribution is 2.18. The van der Waals surface area contributed by atoms with Crippen molar-refractivity contribution in [3.05, 3.63) is 35.9 Å². The normalized spacial score (nSPS) is 19.3. The van der Waals surface area contributed by atoms with Gasteiger partial charge in [0.25, 0.3) is 0 Å². The molecule has 1 aliphatic rings. The Morgan fingerprint density at radius 3 is 3.10 bits per heavy atom. The van der Waals surface area contributed by atoms with Gasteiger partial charge in [0, 0.05) is 12.6 Å². The van der Waals surface area contributed by atoms with Crippen molar-refractivity contribution in [1.82, 2.24) is 4.90 Å². The lowest BCUT2D eigenvalue weighted by atomic mass is 10.0. The summed E-state index contributed by atoms with van der Waals surface area (Å²) in [6.45, 7) is 0.769. The maximum atomic E-state index is 12.2. The lowest BCUT2D eigenvalue weighted by Gasteiger charge is -2.33. The molecule has 1 aliphatic heterocycles. The summed E-state index contributed by atoms with van der Waals surface area (Å²) in [7, 11) is 1.62. The molecular formula is C16H21NO3. The van der Waals surface area contributed by atoms with Crippen LogP contribution < -0.4 is 4.74 Å². The van der Waals surface area contributed by atoms with E-state index in [1.54, 1.807) is 24.2 Å². The van der Waals surface area contributed by atoms with E-state index >= 15 is 0 Å². The van der Waals surface area contributed by atoms with Crippen molar-refractivity contribution in [2.75, 3.05) is 20.3 Å². The van der Waals surface area contributed by atoms with Crippen LogP contribution in [0, 0.1) is 0 Å². The minimum Gasteiger partial charge on any atom is -0.497 e. The average Bonchev–Trinajstić information content (AvgIpc) is 2.52. The fraction of sp³-hybridized carbons (Fsp3) is 0.438. The van der Waals surface area contributed by atoms with Gasteiger partial charge in [-0.05, 0) is 43.0 Å². The summed E-state index contributed by atoms with van der Waals surface area (Å²) in [6.07, 6.45) is 6.33. The maximum Gasteiger partial charge on any atom is 0.246 e. The Kier molecular flexibility index (Phi) is 5.18. The van der Waals surface area contributed by atoms with Crippen LogP contribution in [0.25, 0.3) is 6.08 Å². The predicted octanol–water partition coefficient (Wildman–Crippen LogP) is 2.08. The van der Waals surface area contributed by atoms with Crippen LogP contribution >= 0.6 is 0 Å². The van der Waals surface area contributed by atoms with Crippen LogP contribution in [0.4, 0.5) is 0 Å². The molecule has 1 saturated heterocycles. The lowest BCUT2D eigenvalue weighted by Crippen LogP contribution is -2.44. The van der Waals surface area contributed by atoms with Crippen molar-refractivity contribution in [2.24, 2.45) is 0 Å². The number of hydrogen-bond donors (Lipinski definition) is 1. The molecule has 1 aromatic rings. The van der Waals surface area contributed by atoms with Crippen LogP contribution in [0.3, 0.4) is 0 Å². The van der Waals surface area contributed by atoms with Crippen molar-refractivity contribution in [3.63, 3.8) is 0 Å². The summed E-state index contributed by atoms with van der Waals surface area (Å²) in [5, 5.41) is 9.33. The molecule has 2 rings (SSSR count). The monoisotopic (exact) mass is 275 g/mol. The number of ether oxygens (including phenoxy) is 1. The molecule has 0 aliphatic carbocycles. The van der Waals surface area contributed by atoms with Crippen molar-refractivity contribution in [2.45, 2.75) is 25.3 Å². The number of piperidine rings is 1. The zero-order valence-electron chi connectivity index (χ0n) is 11.8. The highest BCUT2D eigenvalue weighted by Gasteiger charge is 2.24. The molecule has 1 fully saturated rings. The summed E-state index contributed by atoms with van der Waals surface area (Å²) in [4.78, 5) is 14.0. The fourth-order valence-corrected chi connectivity index (χ4v) is 2.49. The first-order chi connectivity index (χ1) is 9.74. The minimum absolute atomic E-state index is 0.0356. The van der Waals surface area contributed by atoms with Crippen molar-refractivity contribution >= 4 is 12.0 Å². The SMILES string of the molecule is COc1cccc(/C=C/C(=O)N2CCCCC2CO)c1. The molecule has 1 heterocycles. The zero-order valence-corrected chi connectivity index (χ0v) is 11.8. The molecule has 108 valence electrons. The molecule has 0 spiro atoms. The molecule has 1 aromatic carbocycles. The smallest absolute Gasteiger partial charge is 0.246 e. The van der Waals surface area contributed by atoms with Crippen LogP contribution in [-0.4, -0.2) is 42.2 Å². The number of aliphatic hydroxyl groups is 1. The summed E-state index contributed by atoms with van der Waals surface area (Å²) < 4.78 is 5.15. The highest BCUT2D eigenvalue weighted by atomic mass is 16.5. The topological polar surface area (TPSA) is 49.8 Å². The van der Waals surface area contributed by atoms with E-state index in [0.717, 1.165) is 37.1 Å². The molecule has 1 N–H and O–H groups in total. The highest BCUT2D eigenvalue weighted by molar-refractivity contribution is 5.92. The van der Waals surface area contributed by atoms with Crippen LogP contribution in [0.5, 0.6) is 5.75 Å². The van der Waals surface area contributed by atoms with Crippen molar-refractivity contribution in [3.8, 4) is 5.75 Å². The van der Waals surface area contributed by atoms with Gasteiger partial charge in [0.05, 0.1) is 19.8 Å². The molecule has 0 bridgehead atoms. The quantitative estimate of drug-likeness (QED) is 0.856. The molecule has 1 amide bonds. The fourth-order valence-electron chi connectivity index (χ4n) is 2.49. The Balaban J connectivity index is 2.03. The standard InChI is InChI=1S/C16H21NO3/c1-20-15-7-4-5-13(11-15)8-9-16(19)17-10-3-2-6-14(17)12-18/h4-5,7-9,11,14,18H,2-3,6,10,12H2,1H3/b9-8+. The molecule has 0 aromatic heterocycles. The third kappa shape index (κ3) is 3.61. The Hall–Kier alpha value is -1.81. The predicted molar refractivity (Wildman–Crippen MR) is 78.5 cm³/mol. The van der Waals surface area contributed by atoms with Gasteiger partial charge >= 0.3 is 0 Å². The van der Waals surface area contributed by atoms with Crippen LogP contribution in [0.15, 0.2) is 30.3 Å². The number of nitrogens with zero attached hydrogens (tertiary/aromatic N) is 1. The van der Waals surface area contributed by atoms with Gasteiger partial charge in [0.15, 0.2) is 0 Å². The van der Waals surface area contributed by atoms with Gasteiger partial charge in [0.2, 0.25) is 5.91 Å². The molecular weight excluding hydrogens is 254 g/mol. The Labute approximate surface area is 119 Å². The summed E-state index contributed by atoms with van der Waals surface area (Å²) in [5.74, 6) is 0.734. The molecule has 1 unspecified atom stereocenters. The van der Waals surface area contributed by atoms with Gasteiger partial charge in [-0.2, -0.15) is 0 Å². The Morgan fingerprint density at radius 2 is 2.35 bits per heavy atom. The van der Waals surface area contributed by atoms with Crippen LogP contribution in [0.1, 0.15) is 24.8 Å². The molecule has 4 heteroatoms.